The van der Waals surface area contributed by atoms with Crippen molar-refractivity contribution in [2.24, 2.45) is 0 Å². The monoisotopic (exact) mass is 134 g/mol. The maximum Gasteiger partial charge on any atom is 0.151 e. The smallest absolute Gasteiger partial charge is 0.151 e. The molecule has 0 bridgehead atoms. The lowest BCUT2D eigenvalue weighted by molar-refractivity contribution is 1.13. The molecular weight excluding hydrogens is 124 g/mol. The van der Waals surface area contributed by atoms with Crippen molar-refractivity contribution in [1.82, 2.24) is 9.97 Å². The fourth-order valence-electron chi connectivity index (χ4n) is 0.620. The molecule has 2 heteroatoms. The van der Waals surface area contributed by atoms with Crippen LogP contribution in [0.15, 0.2) is 24.5 Å². The van der Waals surface area contributed by atoms with Gasteiger partial charge in [-0.25, -0.2) is 9.97 Å². The average molecular weight is 134 g/mol. The zero-order valence-electron chi connectivity index (χ0n) is 5.99. The largest absolute Gasteiger partial charge is 0.237 e. The Morgan fingerprint density at radius 1 is 1.40 bits per heavy atom. The van der Waals surface area contributed by atoms with Gasteiger partial charge >= 0.3 is 0 Å². The summed E-state index contributed by atoms with van der Waals surface area (Å²) in [6, 6.07) is 1.81. The summed E-state index contributed by atoms with van der Waals surface area (Å²) in [5.74, 6) is 0.782. The molecule has 0 fully saturated rings. The fourth-order valence-corrected chi connectivity index (χ4v) is 0.620. The molecule has 10 heavy (non-hydrogen) atoms. The van der Waals surface area contributed by atoms with Gasteiger partial charge < -0.3 is 0 Å². The van der Waals surface area contributed by atoms with E-state index in [1.54, 1.807) is 12.4 Å². The number of nitrogens with zero attached hydrogens (tertiary/aromatic N) is 2. The van der Waals surface area contributed by atoms with Crippen molar-refractivity contribution >= 4 is 6.08 Å². The molecule has 1 aromatic heterocycles. The minimum atomic E-state index is 0.782. The van der Waals surface area contributed by atoms with E-state index in [1.165, 1.54) is 0 Å². The lowest BCUT2D eigenvalue weighted by Crippen LogP contribution is -1.82. The van der Waals surface area contributed by atoms with Gasteiger partial charge in [0.15, 0.2) is 5.82 Å². The molecule has 1 heterocycles. The molecule has 0 amide bonds. The van der Waals surface area contributed by atoms with Crippen LogP contribution in [0.4, 0.5) is 0 Å². The Kier molecular flexibility index (Phi) is 2.62. The molecule has 0 spiro atoms. The van der Waals surface area contributed by atoms with Crippen LogP contribution >= 0.6 is 0 Å². The molecule has 0 aliphatic rings. The number of hydrogen-bond donors (Lipinski definition) is 0. The zero-order chi connectivity index (χ0) is 7.23. The zero-order valence-corrected chi connectivity index (χ0v) is 5.99. The van der Waals surface area contributed by atoms with E-state index < -0.39 is 0 Å². The van der Waals surface area contributed by atoms with Gasteiger partial charge in [-0.1, -0.05) is 13.0 Å². The number of rotatable bonds is 2. The highest BCUT2D eigenvalue weighted by atomic mass is 14.8. The van der Waals surface area contributed by atoms with E-state index in [0.29, 0.717) is 0 Å². The summed E-state index contributed by atoms with van der Waals surface area (Å²) in [5.41, 5.74) is 0. The molecular formula is C8H10N2. The van der Waals surface area contributed by atoms with Gasteiger partial charge in [0.25, 0.3) is 0 Å². The second kappa shape index (κ2) is 3.77. The van der Waals surface area contributed by atoms with Crippen molar-refractivity contribution in [3.05, 3.63) is 30.4 Å². The van der Waals surface area contributed by atoms with E-state index in [1.807, 2.05) is 18.2 Å². The van der Waals surface area contributed by atoms with E-state index in [-0.39, 0.29) is 0 Å². The molecule has 0 aliphatic heterocycles. The lowest BCUT2D eigenvalue weighted by atomic mass is 10.4. The third kappa shape index (κ3) is 1.97. The number of hydrogen-bond acceptors (Lipinski definition) is 2. The number of allylic oxidation sites excluding steroid dienone is 1. The molecule has 1 rings (SSSR count). The van der Waals surface area contributed by atoms with Crippen molar-refractivity contribution in [2.45, 2.75) is 13.3 Å². The first-order chi connectivity index (χ1) is 4.93. The SMILES string of the molecule is CCC=Cc1ncccn1. The standard InChI is InChI=1S/C8H10N2/c1-2-3-5-8-9-6-4-7-10-8/h3-7H,2H2,1H3. The third-order valence-corrected chi connectivity index (χ3v) is 1.09. The van der Waals surface area contributed by atoms with Crippen LogP contribution < -0.4 is 0 Å². The van der Waals surface area contributed by atoms with Crippen molar-refractivity contribution in [3.8, 4) is 0 Å². The van der Waals surface area contributed by atoms with E-state index >= 15 is 0 Å². The highest BCUT2D eigenvalue weighted by Gasteiger charge is 1.82. The van der Waals surface area contributed by atoms with Crippen LogP contribution in [0.3, 0.4) is 0 Å². The normalized spacial score (nSPS) is 10.5. The van der Waals surface area contributed by atoms with Gasteiger partial charge in [-0.05, 0) is 18.6 Å². The van der Waals surface area contributed by atoms with Gasteiger partial charge in [0.05, 0.1) is 0 Å². The molecule has 0 radical (unpaired) electrons. The summed E-state index contributed by atoms with van der Waals surface area (Å²) in [6.45, 7) is 2.08. The van der Waals surface area contributed by atoms with Crippen LogP contribution in [-0.2, 0) is 0 Å². The summed E-state index contributed by atoms with van der Waals surface area (Å²) in [7, 11) is 0. The van der Waals surface area contributed by atoms with Gasteiger partial charge in [0.1, 0.15) is 0 Å². The van der Waals surface area contributed by atoms with Crippen LogP contribution in [0.5, 0.6) is 0 Å². The Balaban J connectivity index is 2.67. The Morgan fingerprint density at radius 3 is 2.70 bits per heavy atom. The average Bonchev–Trinajstić information content (AvgIpc) is 2.03. The first kappa shape index (κ1) is 6.93. The summed E-state index contributed by atoms with van der Waals surface area (Å²) >= 11 is 0. The first-order valence-corrected chi connectivity index (χ1v) is 3.37. The topological polar surface area (TPSA) is 25.8 Å². The Labute approximate surface area is 60.6 Å². The van der Waals surface area contributed by atoms with E-state index in [9.17, 15) is 0 Å². The molecule has 0 saturated heterocycles. The van der Waals surface area contributed by atoms with Crippen molar-refractivity contribution in [3.63, 3.8) is 0 Å². The van der Waals surface area contributed by atoms with Crippen LogP contribution in [-0.4, -0.2) is 9.97 Å². The summed E-state index contributed by atoms with van der Waals surface area (Å²) in [5, 5.41) is 0. The quantitative estimate of drug-likeness (QED) is 0.617. The number of aromatic nitrogens is 2. The van der Waals surface area contributed by atoms with Gasteiger partial charge in [-0.3, -0.25) is 0 Å². The van der Waals surface area contributed by atoms with E-state index in [2.05, 4.69) is 16.9 Å². The highest BCUT2D eigenvalue weighted by Crippen LogP contribution is 1.91. The van der Waals surface area contributed by atoms with Crippen LogP contribution in [0.1, 0.15) is 19.2 Å². The molecule has 0 N–H and O–H groups in total. The molecule has 0 aromatic carbocycles. The summed E-state index contributed by atoms with van der Waals surface area (Å²) in [4.78, 5) is 8.04. The van der Waals surface area contributed by atoms with Gasteiger partial charge in [0.2, 0.25) is 0 Å². The van der Waals surface area contributed by atoms with Crippen LogP contribution in [0, 0.1) is 0 Å². The fraction of sp³-hybridized carbons (Fsp3) is 0.250. The van der Waals surface area contributed by atoms with Crippen LogP contribution in [0.2, 0.25) is 0 Å². The highest BCUT2D eigenvalue weighted by molar-refractivity contribution is 5.38. The Hall–Kier alpha value is -1.18. The minimum Gasteiger partial charge on any atom is -0.237 e. The summed E-state index contributed by atoms with van der Waals surface area (Å²) in [6.07, 6.45) is 8.46. The van der Waals surface area contributed by atoms with Crippen molar-refractivity contribution in [1.29, 1.82) is 0 Å². The minimum absolute atomic E-state index is 0.782. The Morgan fingerprint density at radius 2 is 2.10 bits per heavy atom. The van der Waals surface area contributed by atoms with Crippen molar-refractivity contribution in [2.75, 3.05) is 0 Å². The molecule has 0 aliphatic carbocycles. The first-order valence-electron chi connectivity index (χ1n) is 3.37. The molecule has 52 valence electrons. The van der Waals surface area contributed by atoms with Gasteiger partial charge in [-0.15, -0.1) is 0 Å². The predicted octanol–water partition coefficient (Wildman–Crippen LogP) is 1.90. The van der Waals surface area contributed by atoms with E-state index in [0.717, 1.165) is 12.2 Å². The summed E-state index contributed by atoms with van der Waals surface area (Å²) < 4.78 is 0. The maximum atomic E-state index is 4.02. The van der Waals surface area contributed by atoms with Gasteiger partial charge in [0, 0.05) is 12.4 Å². The maximum absolute atomic E-state index is 4.02. The van der Waals surface area contributed by atoms with Crippen LogP contribution in [0.25, 0.3) is 6.08 Å². The lowest BCUT2D eigenvalue weighted by Gasteiger charge is -1.86. The second-order valence-corrected chi connectivity index (χ2v) is 1.92. The predicted molar refractivity (Wildman–Crippen MR) is 41.4 cm³/mol. The molecule has 2 nitrogen and oxygen atoms in total. The molecule has 0 saturated carbocycles. The Bertz CT molecular complexity index is 204. The molecule has 0 atom stereocenters. The van der Waals surface area contributed by atoms with E-state index in [4.69, 9.17) is 0 Å². The molecule has 1 aromatic rings. The van der Waals surface area contributed by atoms with Crippen molar-refractivity contribution < 1.29 is 0 Å². The second-order valence-electron chi connectivity index (χ2n) is 1.92. The third-order valence-electron chi connectivity index (χ3n) is 1.09. The van der Waals surface area contributed by atoms with Gasteiger partial charge in [-0.2, -0.15) is 0 Å². The molecule has 0 unspecified atom stereocenters.